The highest BCUT2D eigenvalue weighted by molar-refractivity contribution is 7.91. The minimum Gasteiger partial charge on any atom is -0.385 e. The number of methoxy groups -OCH3 is 1. The van der Waals surface area contributed by atoms with Crippen molar-refractivity contribution in [3.8, 4) is 0 Å². The van der Waals surface area contributed by atoms with Crippen LogP contribution >= 0.6 is 0 Å². The molecule has 17 heavy (non-hydrogen) atoms. The van der Waals surface area contributed by atoms with Crippen LogP contribution in [0.5, 0.6) is 0 Å². The highest BCUT2D eigenvalue weighted by Gasteiger charge is 2.40. The Bertz CT molecular complexity index is 317. The second-order valence-corrected chi connectivity index (χ2v) is 6.94. The van der Waals surface area contributed by atoms with Gasteiger partial charge in [-0.1, -0.05) is 0 Å². The molecule has 0 radical (unpaired) electrons. The van der Waals surface area contributed by atoms with E-state index in [4.69, 9.17) is 15.2 Å². The van der Waals surface area contributed by atoms with E-state index in [9.17, 15) is 8.42 Å². The van der Waals surface area contributed by atoms with Crippen molar-refractivity contribution >= 4 is 9.84 Å². The van der Waals surface area contributed by atoms with Gasteiger partial charge in [0.25, 0.3) is 0 Å². The topological polar surface area (TPSA) is 78.6 Å². The molecule has 1 aliphatic heterocycles. The van der Waals surface area contributed by atoms with Gasteiger partial charge in [-0.15, -0.1) is 0 Å². The molecule has 2 N–H and O–H groups in total. The van der Waals surface area contributed by atoms with Crippen LogP contribution in [0.2, 0.25) is 0 Å². The first-order valence-corrected chi connectivity index (χ1v) is 7.83. The maximum Gasteiger partial charge on any atom is 0.150 e. The summed E-state index contributed by atoms with van der Waals surface area (Å²) < 4.78 is 33.3. The molecule has 5 nitrogen and oxygen atoms in total. The molecular formula is C11H23NO4S. The molecule has 1 heterocycles. The van der Waals surface area contributed by atoms with Crippen LogP contribution in [0.15, 0.2) is 0 Å². The van der Waals surface area contributed by atoms with Gasteiger partial charge >= 0.3 is 0 Å². The third-order valence-corrected chi connectivity index (χ3v) is 5.19. The molecule has 0 aromatic rings. The lowest BCUT2D eigenvalue weighted by molar-refractivity contribution is 0.0824. The van der Waals surface area contributed by atoms with Gasteiger partial charge in [-0.2, -0.15) is 0 Å². The third kappa shape index (κ3) is 4.91. The van der Waals surface area contributed by atoms with E-state index in [1.165, 1.54) is 0 Å². The van der Waals surface area contributed by atoms with Crippen molar-refractivity contribution < 1.29 is 17.9 Å². The fourth-order valence-corrected chi connectivity index (χ4v) is 4.37. The van der Waals surface area contributed by atoms with E-state index < -0.39 is 9.84 Å². The van der Waals surface area contributed by atoms with Crippen molar-refractivity contribution in [3.63, 3.8) is 0 Å². The van der Waals surface area contributed by atoms with Crippen molar-refractivity contribution in [1.29, 1.82) is 0 Å². The summed E-state index contributed by atoms with van der Waals surface area (Å²) in [6, 6.07) is 0. The fourth-order valence-electron chi connectivity index (χ4n) is 2.14. The molecule has 0 bridgehead atoms. The number of hydrogen-bond acceptors (Lipinski definition) is 5. The highest BCUT2D eigenvalue weighted by Crippen LogP contribution is 2.34. The Morgan fingerprint density at radius 3 is 2.59 bits per heavy atom. The van der Waals surface area contributed by atoms with Gasteiger partial charge in [0.1, 0.15) is 0 Å². The van der Waals surface area contributed by atoms with Gasteiger partial charge in [-0.3, -0.25) is 0 Å². The molecule has 0 aliphatic carbocycles. The van der Waals surface area contributed by atoms with Crippen LogP contribution in [0, 0.1) is 5.41 Å². The Labute approximate surface area is 104 Å². The first-order chi connectivity index (χ1) is 8.04. The molecule has 0 saturated carbocycles. The van der Waals surface area contributed by atoms with Gasteiger partial charge in [-0.05, 0) is 31.2 Å². The van der Waals surface area contributed by atoms with E-state index in [2.05, 4.69) is 0 Å². The fraction of sp³-hybridized carbons (Fsp3) is 1.00. The molecule has 0 spiro atoms. The molecule has 1 rings (SSSR count). The quantitative estimate of drug-likeness (QED) is 0.634. The maximum absolute atomic E-state index is 11.5. The van der Waals surface area contributed by atoms with E-state index in [1.54, 1.807) is 7.11 Å². The predicted molar refractivity (Wildman–Crippen MR) is 66.7 cm³/mol. The van der Waals surface area contributed by atoms with Gasteiger partial charge in [0.05, 0.1) is 11.5 Å². The predicted octanol–water partition coefficient (Wildman–Crippen LogP) is 0.193. The Balaban J connectivity index is 2.24. The maximum atomic E-state index is 11.5. The molecule has 1 aliphatic rings. The number of sulfone groups is 1. The van der Waals surface area contributed by atoms with E-state index in [1.807, 2.05) is 0 Å². The van der Waals surface area contributed by atoms with Crippen LogP contribution in [0.3, 0.4) is 0 Å². The van der Waals surface area contributed by atoms with Crippen molar-refractivity contribution in [3.05, 3.63) is 0 Å². The molecule has 0 aromatic carbocycles. The van der Waals surface area contributed by atoms with Crippen molar-refractivity contribution in [1.82, 2.24) is 0 Å². The zero-order valence-electron chi connectivity index (χ0n) is 10.5. The number of hydrogen-bond donors (Lipinski definition) is 1. The first kappa shape index (κ1) is 14.9. The normalized spacial score (nSPS) is 27.4. The number of rotatable bonds is 8. The average Bonchev–Trinajstić information content (AvgIpc) is 2.60. The van der Waals surface area contributed by atoms with Gasteiger partial charge in [-0.25, -0.2) is 8.42 Å². The Hall–Kier alpha value is -0.170. The van der Waals surface area contributed by atoms with Crippen molar-refractivity contribution in [2.24, 2.45) is 11.1 Å². The average molecular weight is 265 g/mol. The molecule has 0 aromatic heterocycles. The second-order valence-electron chi connectivity index (χ2n) is 4.75. The van der Waals surface area contributed by atoms with Crippen LogP contribution in [0.25, 0.3) is 0 Å². The SMILES string of the molecule is COCCCOCCC1(CN)CCS(=O)(=O)C1. The van der Waals surface area contributed by atoms with Crippen LogP contribution in [0.1, 0.15) is 19.3 Å². The van der Waals surface area contributed by atoms with Gasteiger partial charge < -0.3 is 15.2 Å². The Morgan fingerprint density at radius 2 is 2.06 bits per heavy atom. The molecule has 0 amide bonds. The van der Waals surface area contributed by atoms with E-state index in [-0.39, 0.29) is 16.9 Å². The molecule has 102 valence electrons. The molecule has 1 atom stereocenters. The standard InChI is InChI=1S/C11H23NO4S/c1-15-5-2-6-16-7-3-11(9-12)4-8-17(13,14)10-11/h2-10,12H2,1H3. The lowest BCUT2D eigenvalue weighted by Crippen LogP contribution is -2.33. The van der Waals surface area contributed by atoms with Crippen molar-refractivity contribution in [2.45, 2.75) is 19.3 Å². The van der Waals surface area contributed by atoms with E-state index in [0.717, 1.165) is 12.8 Å². The smallest absolute Gasteiger partial charge is 0.150 e. The molecular weight excluding hydrogens is 242 g/mol. The van der Waals surface area contributed by atoms with Crippen molar-refractivity contribution in [2.75, 3.05) is 45.0 Å². The van der Waals surface area contributed by atoms with E-state index >= 15 is 0 Å². The minimum absolute atomic E-state index is 0.220. The van der Waals surface area contributed by atoms with Crippen LogP contribution in [0.4, 0.5) is 0 Å². The molecule has 1 saturated heterocycles. The number of nitrogens with two attached hydrogens (primary N) is 1. The van der Waals surface area contributed by atoms with Gasteiger partial charge in [0.15, 0.2) is 9.84 Å². The summed E-state index contributed by atoms with van der Waals surface area (Å²) in [5, 5.41) is 0. The summed E-state index contributed by atoms with van der Waals surface area (Å²) in [7, 11) is -1.21. The second kappa shape index (κ2) is 6.68. The Kier molecular flexibility index (Phi) is 5.85. The zero-order chi connectivity index (χ0) is 12.8. The summed E-state index contributed by atoms with van der Waals surface area (Å²) in [5.41, 5.74) is 5.46. The summed E-state index contributed by atoms with van der Waals surface area (Å²) >= 11 is 0. The van der Waals surface area contributed by atoms with Crippen LogP contribution in [-0.4, -0.2) is 53.4 Å². The zero-order valence-corrected chi connectivity index (χ0v) is 11.3. The third-order valence-electron chi connectivity index (χ3n) is 3.32. The summed E-state index contributed by atoms with van der Waals surface area (Å²) in [6.45, 7) is 2.35. The van der Waals surface area contributed by atoms with Crippen LogP contribution < -0.4 is 5.73 Å². The van der Waals surface area contributed by atoms with Crippen LogP contribution in [-0.2, 0) is 19.3 Å². The first-order valence-electron chi connectivity index (χ1n) is 6.01. The molecule has 1 fully saturated rings. The summed E-state index contributed by atoms with van der Waals surface area (Å²) in [5.74, 6) is 0.492. The minimum atomic E-state index is -2.87. The highest BCUT2D eigenvalue weighted by atomic mass is 32.2. The lowest BCUT2D eigenvalue weighted by Gasteiger charge is -2.25. The largest absolute Gasteiger partial charge is 0.385 e. The molecule has 1 unspecified atom stereocenters. The van der Waals surface area contributed by atoms with E-state index in [0.29, 0.717) is 32.8 Å². The molecule has 6 heteroatoms. The Morgan fingerprint density at radius 1 is 1.29 bits per heavy atom. The lowest BCUT2D eigenvalue weighted by atomic mass is 9.84. The summed E-state index contributed by atoms with van der Waals surface area (Å²) in [4.78, 5) is 0. The van der Waals surface area contributed by atoms with Gasteiger partial charge in [0.2, 0.25) is 0 Å². The number of ether oxygens (including phenoxy) is 2. The monoisotopic (exact) mass is 265 g/mol. The van der Waals surface area contributed by atoms with Gasteiger partial charge in [0, 0.05) is 26.9 Å². The summed E-state index contributed by atoms with van der Waals surface area (Å²) in [6.07, 6.45) is 2.27.